The molecule has 2 fully saturated rings. The summed E-state index contributed by atoms with van der Waals surface area (Å²) in [7, 11) is 0. The number of carbonyl (C=O) groups excluding carboxylic acids is 2. The maximum Gasteiger partial charge on any atom is 0.306 e. The number of carboxylic acid groups (broad SMARTS) is 1. The Kier molecular flexibility index (Phi) is 5.31. The highest BCUT2D eigenvalue weighted by Crippen LogP contribution is 2.68. The number of aliphatic hydroxyl groups is 2. The molecule has 6 nitrogen and oxygen atoms in total. The van der Waals surface area contributed by atoms with Gasteiger partial charge in [-0.25, -0.2) is 8.78 Å². The van der Waals surface area contributed by atoms with E-state index in [0.29, 0.717) is 0 Å². The van der Waals surface area contributed by atoms with Gasteiger partial charge in [-0.2, -0.15) is 0 Å². The number of fused-ring (bicyclic) bond motifs is 5. The lowest BCUT2D eigenvalue weighted by molar-refractivity contribution is -0.193. The SMILES string of the molecule is C[C@]12C=C(Cl)C(=O)C=C1[C@H](F)C[C@H]1[C@@H]3CC=C(C(=O)C(O)CC(=O)O)[C@@]3(C)C[C@H](O)[C@@]12F. The first-order valence-corrected chi connectivity index (χ1v) is 11.0. The van der Waals surface area contributed by atoms with Crippen molar-refractivity contribution in [3.8, 4) is 0 Å². The molecule has 4 aliphatic rings. The number of aliphatic hydroxyl groups excluding tert-OH is 2. The summed E-state index contributed by atoms with van der Waals surface area (Å²) in [5, 5.41) is 29.9. The van der Waals surface area contributed by atoms with E-state index in [2.05, 4.69) is 0 Å². The van der Waals surface area contributed by atoms with Crippen molar-refractivity contribution in [3.05, 3.63) is 34.4 Å². The number of hydrogen-bond acceptors (Lipinski definition) is 5. The van der Waals surface area contributed by atoms with Gasteiger partial charge in [-0.1, -0.05) is 24.6 Å². The van der Waals surface area contributed by atoms with Crippen molar-refractivity contribution in [2.24, 2.45) is 22.7 Å². The summed E-state index contributed by atoms with van der Waals surface area (Å²) in [6.45, 7) is 3.10. The van der Waals surface area contributed by atoms with Crippen molar-refractivity contribution < 1.29 is 38.5 Å². The maximum atomic E-state index is 17.0. The molecule has 3 N–H and O–H groups in total. The van der Waals surface area contributed by atoms with Crippen molar-refractivity contribution in [1.82, 2.24) is 0 Å². The fourth-order valence-electron chi connectivity index (χ4n) is 6.65. The Balaban J connectivity index is 1.75. The Morgan fingerprint density at radius 1 is 1.31 bits per heavy atom. The van der Waals surface area contributed by atoms with E-state index in [-0.39, 0.29) is 35.4 Å². The van der Waals surface area contributed by atoms with Gasteiger partial charge < -0.3 is 15.3 Å². The number of carboxylic acids is 1. The van der Waals surface area contributed by atoms with Gasteiger partial charge in [0.25, 0.3) is 0 Å². The predicted octanol–water partition coefficient (Wildman–Crippen LogP) is 2.81. The van der Waals surface area contributed by atoms with Gasteiger partial charge in [-0.15, -0.1) is 0 Å². The number of aliphatic carboxylic acids is 1. The normalized spacial score (nSPS) is 43.8. The van der Waals surface area contributed by atoms with Crippen molar-refractivity contribution in [2.45, 2.75) is 63.6 Å². The molecule has 1 unspecified atom stereocenters. The lowest BCUT2D eigenvalue weighted by Gasteiger charge is -2.62. The van der Waals surface area contributed by atoms with Gasteiger partial charge in [-0.3, -0.25) is 14.4 Å². The minimum absolute atomic E-state index is 0.0487. The molecule has 4 rings (SSSR count). The Hall–Kier alpha value is -1.90. The smallest absolute Gasteiger partial charge is 0.306 e. The monoisotopic (exact) mass is 470 g/mol. The summed E-state index contributed by atoms with van der Waals surface area (Å²) in [5.74, 6) is -4.29. The van der Waals surface area contributed by atoms with Crippen LogP contribution in [0.25, 0.3) is 0 Å². The van der Waals surface area contributed by atoms with Crippen LogP contribution < -0.4 is 0 Å². The molecule has 2 saturated carbocycles. The average Bonchev–Trinajstić information content (AvgIpc) is 3.02. The van der Waals surface area contributed by atoms with Crippen molar-refractivity contribution >= 4 is 29.1 Å². The lowest BCUT2D eigenvalue weighted by atomic mass is 9.45. The van der Waals surface area contributed by atoms with E-state index in [1.807, 2.05) is 0 Å². The number of hydrogen-bond donors (Lipinski definition) is 3. The topological polar surface area (TPSA) is 112 Å². The fraction of sp³-hybridized carbons (Fsp3) is 0.609. The summed E-state index contributed by atoms with van der Waals surface area (Å²) < 4.78 is 32.3. The summed E-state index contributed by atoms with van der Waals surface area (Å²) >= 11 is 6.01. The van der Waals surface area contributed by atoms with Crippen LogP contribution in [0.15, 0.2) is 34.4 Å². The highest BCUT2D eigenvalue weighted by Gasteiger charge is 2.71. The Morgan fingerprint density at radius 3 is 2.59 bits per heavy atom. The minimum atomic E-state index is -2.33. The van der Waals surface area contributed by atoms with E-state index in [4.69, 9.17) is 16.7 Å². The van der Waals surface area contributed by atoms with Crippen LogP contribution in [-0.4, -0.2) is 56.9 Å². The Bertz CT molecular complexity index is 1000. The zero-order valence-electron chi connectivity index (χ0n) is 17.6. The first-order valence-electron chi connectivity index (χ1n) is 10.6. The highest BCUT2D eigenvalue weighted by molar-refractivity contribution is 6.44. The van der Waals surface area contributed by atoms with E-state index < -0.39 is 70.7 Å². The second-order valence-corrected chi connectivity index (χ2v) is 10.2. The first kappa shape index (κ1) is 23.3. The second kappa shape index (κ2) is 7.30. The molecule has 9 heteroatoms. The third kappa shape index (κ3) is 2.92. The average molecular weight is 471 g/mol. The van der Waals surface area contributed by atoms with Crippen LogP contribution in [0, 0.1) is 22.7 Å². The molecule has 0 radical (unpaired) electrons. The summed E-state index contributed by atoms with van der Waals surface area (Å²) in [6.07, 6.45) is -2.25. The molecule has 0 saturated heterocycles. The zero-order chi connectivity index (χ0) is 23.8. The Labute approximate surface area is 188 Å². The van der Waals surface area contributed by atoms with Crippen LogP contribution in [0.1, 0.15) is 39.5 Å². The molecule has 0 spiro atoms. The molecule has 0 amide bonds. The van der Waals surface area contributed by atoms with Gasteiger partial charge in [0.1, 0.15) is 12.3 Å². The number of alkyl halides is 2. The van der Waals surface area contributed by atoms with Crippen molar-refractivity contribution in [1.29, 1.82) is 0 Å². The van der Waals surface area contributed by atoms with Gasteiger partial charge in [0.15, 0.2) is 17.2 Å². The van der Waals surface area contributed by atoms with Crippen LogP contribution in [0.2, 0.25) is 0 Å². The number of carbonyl (C=O) groups is 3. The van der Waals surface area contributed by atoms with Gasteiger partial charge >= 0.3 is 5.97 Å². The quantitative estimate of drug-likeness (QED) is 0.582. The van der Waals surface area contributed by atoms with Gasteiger partial charge in [0.05, 0.1) is 17.6 Å². The van der Waals surface area contributed by atoms with Crippen LogP contribution in [0.4, 0.5) is 8.78 Å². The molecule has 0 aromatic carbocycles. The van der Waals surface area contributed by atoms with E-state index in [9.17, 15) is 24.6 Å². The number of ketones is 2. The molecule has 0 aromatic heterocycles. The second-order valence-electron chi connectivity index (χ2n) is 9.81. The number of Topliss-reactive ketones (excluding diaryl/α,β-unsaturated/α-hetero) is 1. The van der Waals surface area contributed by atoms with Crippen molar-refractivity contribution in [3.63, 3.8) is 0 Å². The van der Waals surface area contributed by atoms with Gasteiger partial charge in [-0.05, 0) is 49.8 Å². The summed E-state index contributed by atoms with van der Waals surface area (Å²) in [5.41, 5.74) is -4.94. The summed E-state index contributed by atoms with van der Waals surface area (Å²) in [6, 6.07) is 0. The summed E-state index contributed by atoms with van der Waals surface area (Å²) in [4.78, 5) is 35.8. The van der Waals surface area contributed by atoms with E-state index in [1.165, 1.54) is 13.0 Å². The number of rotatable bonds is 4. The van der Waals surface area contributed by atoms with Crippen molar-refractivity contribution in [2.75, 3.05) is 0 Å². The Morgan fingerprint density at radius 2 is 1.97 bits per heavy atom. The zero-order valence-corrected chi connectivity index (χ0v) is 18.4. The number of allylic oxidation sites excluding steroid dienone is 5. The molecule has 32 heavy (non-hydrogen) atoms. The van der Waals surface area contributed by atoms with Gasteiger partial charge in [0, 0.05) is 22.3 Å². The maximum absolute atomic E-state index is 17.0. The third-order valence-electron chi connectivity index (χ3n) is 8.20. The van der Waals surface area contributed by atoms with Gasteiger partial charge in [0.2, 0.25) is 0 Å². The third-order valence-corrected chi connectivity index (χ3v) is 8.50. The molecule has 174 valence electrons. The molecular formula is C23H25ClF2O6. The standard InChI is InChI=1S/C23H25ClF2O6/c1-21-9-18(29)23(26)12(5-15(25)13-6-16(27)14(24)8-22(13,23)2)10(21)3-4-11(21)20(32)17(28)7-19(30)31/h4,6,8,10,12,15,17-18,28-29H,3,5,7,9H2,1-2H3,(H,30,31)/t10-,12-,15+,17?,18-,21-,22-,23-/m0/s1. The predicted molar refractivity (Wildman–Crippen MR) is 110 cm³/mol. The molecule has 4 aliphatic carbocycles. The largest absolute Gasteiger partial charge is 0.481 e. The van der Waals surface area contributed by atoms with E-state index in [0.717, 1.165) is 6.08 Å². The molecule has 0 aromatic rings. The highest BCUT2D eigenvalue weighted by atomic mass is 35.5. The molecule has 0 bridgehead atoms. The van der Waals surface area contributed by atoms with E-state index in [1.54, 1.807) is 13.0 Å². The van der Waals surface area contributed by atoms with Crippen LogP contribution in [0.3, 0.4) is 0 Å². The first-order chi connectivity index (χ1) is 14.8. The fourth-order valence-corrected chi connectivity index (χ4v) is 6.92. The van der Waals surface area contributed by atoms with Crippen LogP contribution >= 0.6 is 11.6 Å². The molecular weight excluding hydrogens is 446 g/mol. The van der Waals surface area contributed by atoms with Crippen LogP contribution in [0.5, 0.6) is 0 Å². The number of halogens is 3. The molecule has 0 aliphatic heterocycles. The van der Waals surface area contributed by atoms with E-state index >= 15 is 8.78 Å². The van der Waals surface area contributed by atoms with Crippen LogP contribution in [-0.2, 0) is 14.4 Å². The molecule has 8 atom stereocenters. The lowest BCUT2D eigenvalue weighted by Crippen LogP contribution is -2.68. The molecule has 0 heterocycles. The minimum Gasteiger partial charge on any atom is -0.481 e.